The number of pyridine rings is 8. The fraction of sp³-hybridized carbons (Fsp3) is 0.0943. The van der Waals surface area contributed by atoms with Gasteiger partial charge in [0.05, 0.1) is 96.7 Å². The Kier molecular flexibility index (Phi) is 22.9. The van der Waals surface area contributed by atoms with Gasteiger partial charge in [-0.05, 0) is 209 Å². The monoisotopic (exact) mass is 1810 g/mol. The number of H-pyrrole nitrogens is 8. The highest BCUT2D eigenvalue weighted by atomic mass is 19.1. The molecule has 1 fully saturated rings. The zero-order valence-corrected chi connectivity index (χ0v) is 73.3. The number of hydrogen-bond acceptors (Lipinski definition) is 19. The Hall–Kier alpha value is -17.8. The summed E-state index contributed by atoms with van der Waals surface area (Å²) in [4.78, 5) is 67.4. The Morgan fingerprint density at radius 3 is 1.01 bits per heavy atom. The predicted molar refractivity (Wildman–Crippen MR) is 526 cm³/mol. The summed E-state index contributed by atoms with van der Waals surface area (Å²) in [6.07, 6.45) is 33.8. The van der Waals surface area contributed by atoms with Gasteiger partial charge < -0.3 is 36.3 Å². The molecule has 31 heteroatoms. The first kappa shape index (κ1) is 84.7. The molecule has 0 unspecified atom stereocenters. The van der Waals surface area contributed by atoms with Crippen LogP contribution in [-0.2, 0) is 13.1 Å². The third-order valence-corrected chi connectivity index (χ3v) is 24.5. The number of imidazole rings is 4. The van der Waals surface area contributed by atoms with E-state index >= 15 is 0 Å². The highest BCUT2D eigenvalue weighted by Crippen LogP contribution is 2.41. The van der Waals surface area contributed by atoms with Crippen molar-refractivity contribution < 1.29 is 17.6 Å². The van der Waals surface area contributed by atoms with Crippen molar-refractivity contribution in [2.75, 3.05) is 18.8 Å². The molecule has 27 nitrogen and oxygen atoms in total. The van der Waals surface area contributed by atoms with E-state index in [1.54, 1.807) is 111 Å². The first-order valence-corrected chi connectivity index (χ1v) is 44.6. The molecule has 1 saturated carbocycles. The summed E-state index contributed by atoms with van der Waals surface area (Å²) in [5, 5.41) is 41.3. The largest absolute Gasteiger partial charge is 0.397 e. The molecule has 1 aliphatic carbocycles. The molecule has 12 N–H and O–H groups in total. The summed E-state index contributed by atoms with van der Waals surface area (Å²) in [5.41, 5.74) is 36.1. The standard InChI is InChI=1S/C31H28FN7.C27H22FN7.C24H16FN7.C24H15FN6/c32-24-7-3-6-22(11-24)26-17-35-18-28-29(26)37-31(36-28)30-25-12-21(8-9-27(25)38-39-30)23-10-20(15-34-16-23)14-33-13-19-4-1-2-5-19;1-2-29-11-16-9-19(13-30-12-16)18-5-8-23-21(10-18)26(35-34-23)27-32-24-15-31-14-22(25(24)33-27)17-3-6-20(28)7-4-17;25-16-4-1-13(2-5-16)19-11-28-12-21-22(19)30-24(29-21)23-18-8-14(3-6-20(18)31-32-23)15-7-17(26)10-27-9-15;25-17-6-3-14(4-7-17)19-12-27-13-21-22(19)29-24(28-21)23-18-10-15(5-8-20(18)30-31-23)16-2-1-9-26-11-16/h3,6-12,15-19,33H,1-2,4-5,13-14H2,(H,36,37)(H,38,39);3-10,12-15,29H,2,11H2,1H3,(H,32,33)(H,34,35);1-12H,26H2,(H,29,30)(H,31,32);1-13H,(H,28,29)(H,30,31). The minimum atomic E-state index is -0.297. The van der Waals surface area contributed by atoms with E-state index in [0.717, 1.165) is 232 Å². The van der Waals surface area contributed by atoms with Gasteiger partial charge in [0, 0.05) is 154 Å². The predicted octanol–water partition coefficient (Wildman–Crippen LogP) is 22.4. The van der Waals surface area contributed by atoms with Crippen LogP contribution in [0.1, 0.15) is 43.7 Å². The van der Waals surface area contributed by atoms with Gasteiger partial charge in [0.1, 0.15) is 46.0 Å². The molecule has 0 radical (unpaired) electrons. The van der Waals surface area contributed by atoms with E-state index < -0.39 is 0 Å². The Morgan fingerprint density at radius 2 is 0.642 bits per heavy atom. The molecule has 0 bridgehead atoms. The molecule has 0 atom stereocenters. The molecule has 1 aliphatic rings. The van der Waals surface area contributed by atoms with Crippen molar-refractivity contribution in [1.82, 2.24) is 131 Å². The van der Waals surface area contributed by atoms with E-state index in [1.165, 1.54) is 79.8 Å². The number of anilines is 1. The van der Waals surface area contributed by atoms with Gasteiger partial charge in [-0.3, -0.25) is 60.3 Å². The molecule has 8 aromatic carbocycles. The normalized spacial score (nSPS) is 12.2. The van der Waals surface area contributed by atoms with Crippen LogP contribution >= 0.6 is 0 Å². The van der Waals surface area contributed by atoms with Crippen LogP contribution in [0.15, 0.2) is 299 Å². The lowest BCUT2D eigenvalue weighted by molar-refractivity contribution is 0.489. The molecular weight excluding hydrogens is 1730 g/mol. The first-order valence-electron chi connectivity index (χ1n) is 44.6. The van der Waals surface area contributed by atoms with E-state index in [2.05, 4.69) is 161 Å². The summed E-state index contributed by atoms with van der Waals surface area (Å²) in [5.74, 6) is 2.19. The molecule has 0 amide bonds. The van der Waals surface area contributed by atoms with Crippen LogP contribution in [0.4, 0.5) is 23.2 Å². The highest BCUT2D eigenvalue weighted by molar-refractivity contribution is 6.03. The maximum atomic E-state index is 13.9. The minimum absolute atomic E-state index is 0.279. The number of nitrogens with one attached hydrogen (secondary N) is 10. The second-order valence-corrected chi connectivity index (χ2v) is 33.5. The first-order chi connectivity index (χ1) is 67.3. The fourth-order valence-corrected chi connectivity index (χ4v) is 17.6. The average Bonchev–Trinajstić information content (AvgIpc) is 1.63. The van der Waals surface area contributed by atoms with Gasteiger partial charge in [0.15, 0.2) is 23.3 Å². The van der Waals surface area contributed by atoms with Crippen molar-refractivity contribution >= 4 is 93.4 Å². The van der Waals surface area contributed by atoms with E-state index in [4.69, 9.17) is 25.7 Å². The van der Waals surface area contributed by atoms with E-state index in [-0.39, 0.29) is 23.3 Å². The topological polar surface area (TPSA) is 383 Å². The van der Waals surface area contributed by atoms with E-state index in [9.17, 15) is 17.6 Å². The van der Waals surface area contributed by atoms with Gasteiger partial charge in [0.25, 0.3) is 0 Å². The molecule has 16 aromatic heterocycles. The minimum Gasteiger partial charge on any atom is -0.397 e. The Bertz CT molecular complexity index is 8550. The number of nitrogens with two attached hydrogens (primary N) is 1. The molecule has 0 aliphatic heterocycles. The fourth-order valence-electron chi connectivity index (χ4n) is 17.6. The highest BCUT2D eigenvalue weighted by Gasteiger charge is 2.24. The lowest BCUT2D eigenvalue weighted by Gasteiger charge is -2.11. The summed E-state index contributed by atoms with van der Waals surface area (Å²) in [7, 11) is 0. The zero-order valence-electron chi connectivity index (χ0n) is 73.3. The second kappa shape index (κ2) is 37.1. The van der Waals surface area contributed by atoms with Crippen LogP contribution in [0, 0.1) is 29.2 Å². The van der Waals surface area contributed by atoms with E-state index in [0.29, 0.717) is 34.7 Å². The maximum absolute atomic E-state index is 13.9. The lowest BCUT2D eigenvalue weighted by Crippen LogP contribution is -2.20. The number of nitrogens with zero attached hydrogens (tertiary/aromatic N) is 16. The number of aromatic amines is 8. The smallest absolute Gasteiger partial charge is 0.159 e. The van der Waals surface area contributed by atoms with E-state index in [1.807, 2.05) is 97.7 Å². The van der Waals surface area contributed by atoms with Crippen LogP contribution in [0.25, 0.3) is 223 Å². The Labute approximate surface area is 777 Å². The third kappa shape index (κ3) is 17.6. The van der Waals surface area contributed by atoms with Crippen molar-refractivity contribution in [2.45, 2.75) is 45.7 Å². The van der Waals surface area contributed by atoms with Crippen LogP contribution in [-0.4, -0.2) is 134 Å². The quantitative estimate of drug-likeness (QED) is 0.0335. The Morgan fingerprint density at radius 1 is 0.299 bits per heavy atom. The van der Waals surface area contributed by atoms with Gasteiger partial charge in [-0.1, -0.05) is 98.6 Å². The number of nitrogen functional groups attached to an aromatic ring is 1. The number of hydrogen-bond donors (Lipinski definition) is 11. The average molecular weight is 1810 g/mol. The molecule has 16 heterocycles. The van der Waals surface area contributed by atoms with Gasteiger partial charge in [-0.15, -0.1) is 0 Å². The third-order valence-electron chi connectivity index (χ3n) is 24.5. The SMILES string of the molecule is CCNCc1cncc(-c2ccc3[nH]nc(-c4nc5c(-c6ccc(F)cc6)cncc5[nH]4)c3c2)c1.Fc1ccc(-c2cncc3[nH]c(-c4n[nH]c5ccc(-c6cccnc6)cc45)nc23)cc1.Fc1cccc(-c2cncc3[nH]c(-c4n[nH]c5ccc(-c6cncc(CNCC7CCCC7)c6)cc45)nc23)c1.Nc1cncc(-c2ccc3[nH]nc(-c4nc5c(-c6ccc(F)cc6)cncc5[nH]4)c3c2)c1. The van der Waals surface area contributed by atoms with Gasteiger partial charge in [-0.25, -0.2) is 37.5 Å². The van der Waals surface area contributed by atoms with Crippen LogP contribution < -0.4 is 16.4 Å². The molecule has 668 valence electrons. The summed E-state index contributed by atoms with van der Waals surface area (Å²) < 4.78 is 54.1. The molecular formula is C106H81F4N27. The molecule has 0 saturated heterocycles. The zero-order chi connectivity index (χ0) is 92.4. The number of aromatic nitrogens is 24. The summed E-state index contributed by atoms with van der Waals surface area (Å²) in [6.45, 7) is 5.66. The van der Waals surface area contributed by atoms with Gasteiger partial charge in [0.2, 0.25) is 0 Å². The molecule has 25 rings (SSSR count). The van der Waals surface area contributed by atoms with Crippen LogP contribution in [0.2, 0.25) is 0 Å². The van der Waals surface area contributed by atoms with Gasteiger partial charge in [-0.2, -0.15) is 20.4 Å². The maximum Gasteiger partial charge on any atom is 0.159 e. The van der Waals surface area contributed by atoms with Crippen molar-refractivity contribution in [3.63, 3.8) is 0 Å². The van der Waals surface area contributed by atoms with Crippen molar-refractivity contribution in [2.24, 2.45) is 5.92 Å². The Balaban J connectivity index is 0.000000106. The summed E-state index contributed by atoms with van der Waals surface area (Å²) >= 11 is 0. The second-order valence-electron chi connectivity index (χ2n) is 33.5. The lowest BCUT2D eigenvalue weighted by atomic mass is 10.0. The molecule has 0 spiro atoms. The van der Waals surface area contributed by atoms with Gasteiger partial charge >= 0.3 is 0 Å². The number of benzene rings is 8. The van der Waals surface area contributed by atoms with Crippen LogP contribution in [0.5, 0.6) is 0 Å². The van der Waals surface area contributed by atoms with Crippen molar-refractivity contribution in [3.05, 3.63) is 334 Å². The van der Waals surface area contributed by atoms with Crippen molar-refractivity contribution in [1.29, 1.82) is 0 Å². The number of fused-ring (bicyclic) bond motifs is 8. The molecule has 24 aromatic rings. The summed E-state index contributed by atoms with van der Waals surface area (Å²) in [6, 6.07) is 60.2. The van der Waals surface area contributed by atoms with Crippen molar-refractivity contribution in [3.8, 4) is 135 Å². The molecule has 137 heavy (non-hydrogen) atoms. The van der Waals surface area contributed by atoms with Crippen LogP contribution in [0.3, 0.4) is 0 Å². The number of halogens is 4. The number of rotatable bonds is 19.